The summed E-state index contributed by atoms with van der Waals surface area (Å²) in [6.07, 6.45) is 3.12. The molecule has 0 aliphatic heterocycles. The van der Waals surface area contributed by atoms with Crippen LogP contribution in [0.3, 0.4) is 0 Å². The van der Waals surface area contributed by atoms with Crippen molar-refractivity contribution in [2.45, 2.75) is 26.2 Å². The number of benzene rings is 1. The number of fused-ring (bicyclic) bond motifs is 1. The predicted molar refractivity (Wildman–Crippen MR) is 70.7 cm³/mol. The molecule has 0 aromatic heterocycles. The number of nitrogens with one attached hydrogen (secondary N) is 2. The molecule has 2 N–H and O–H groups in total. The van der Waals surface area contributed by atoms with Gasteiger partial charge < -0.3 is 4.74 Å². The van der Waals surface area contributed by atoms with Gasteiger partial charge in [0.05, 0.1) is 5.56 Å². The molecule has 0 radical (unpaired) electrons. The third-order valence-electron chi connectivity index (χ3n) is 3.05. The number of esters is 1. The monoisotopic (exact) mass is 276 g/mol. The lowest BCUT2D eigenvalue weighted by Gasteiger charge is -2.07. The lowest BCUT2D eigenvalue weighted by molar-refractivity contribution is -0.129. The van der Waals surface area contributed by atoms with Gasteiger partial charge in [-0.1, -0.05) is 6.07 Å². The van der Waals surface area contributed by atoms with E-state index < -0.39 is 24.4 Å². The average molecular weight is 276 g/mol. The first-order valence-electron chi connectivity index (χ1n) is 6.40. The van der Waals surface area contributed by atoms with Crippen molar-refractivity contribution in [2.75, 3.05) is 6.61 Å². The van der Waals surface area contributed by atoms with Crippen LogP contribution in [0.4, 0.5) is 0 Å². The van der Waals surface area contributed by atoms with Gasteiger partial charge in [0.2, 0.25) is 5.91 Å². The summed E-state index contributed by atoms with van der Waals surface area (Å²) in [5.74, 6) is -1.53. The highest BCUT2D eigenvalue weighted by atomic mass is 16.5. The third kappa shape index (κ3) is 3.57. The Kier molecular flexibility index (Phi) is 4.34. The Bertz CT molecular complexity index is 554. The first kappa shape index (κ1) is 14.0. The summed E-state index contributed by atoms with van der Waals surface area (Å²) < 4.78 is 4.88. The van der Waals surface area contributed by atoms with Gasteiger partial charge in [-0.15, -0.1) is 0 Å². The minimum Gasteiger partial charge on any atom is -0.452 e. The van der Waals surface area contributed by atoms with Crippen molar-refractivity contribution >= 4 is 17.8 Å². The van der Waals surface area contributed by atoms with Crippen molar-refractivity contribution in [3.8, 4) is 0 Å². The average Bonchev–Trinajstić information content (AvgIpc) is 2.89. The summed E-state index contributed by atoms with van der Waals surface area (Å²) in [6.45, 7) is 0.826. The Hall–Kier alpha value is -2.37. The SMILES string of the molecule is CC(=O)NNC(=O)COC(=O)c1ccc2c(c1)CCC2. The van der Waals surface area contributed by atoms with Crippen LogP contribution >= 0.6 is 0 Å². The van der Waals surface area contributed by atoms with E-state index in [4.69, 9.17) is 4.74 Å². The summed E-state index contributed by atoms with van der Waals surface area (Å²) in [6, 6.07) is 5.45. The van der Waals surface area contributed by atoms with Crippen LogP contribution in [0.1, 0.15) is 34.8 Å². The van der Waals surface area contributed by atoms with Crippen LogP contribution in [0.2, 0.25) is 0 Å². The first-order valence-corrected chi connectivity index (χ1v) is 6.40. The maximum absolute atomic E-state index is 11.8. The Morgan fingerprint density at radius 1 is 1.15 bits per heavy atom. The second-order valence-corrected chi connectivity index (χ2v) is 4.64. The van der Waals surface area contributed by atoms with Gasteiger partial charge in [-0.3, -0.25) is 20.4 Å². The number of carbonyl (C=O) groups excluding carboxylic acids is 3. The summed E-state index contributed by atoms with van der Waals surface area (Å²) in [5.41, 5.74) is 7.11. The van der Waals surface area contributed by atoms with Crippen molar-refractivity contribution in [3.63, 3.8) is 0 Å². The van der Waals surface area contributed by atoms with Gasteiger partial charge in [0, 0.05) is 6.92 Å². The molecule has 0 spiro atoms. The maximum atomic E-state index is 11.8. The van der Waals surface area contributed by atoms with Crippen molar-refractivity contribution in [1.29, 1.82) is 0 Å². The van der Waals surface area contributed by atoms with E-state index in [0.717, 1.165) is 19.3 Å². The van der Waals surface area contributed by atoms with Crippen LogP contribution < -0.4 is 10.9 Å². The van der Waals surface area contributed by atoms with E-state index in [1.807, 2.05) is 12.1 Å². The van der Waals surface area contributed by atoms with E-state index in [9.17, 15) is 14.4 Å². The number of hydrazine groups is 1. The highest BCUT2D eigenvalue weighted by Crippen LogP contribution is 2.23. The Morgan fingerprint density at radius 3 is 2.65 bits per heavy atom. The van der Waals surface area contributed by atoms with E-state index in [1.165, 1.54) is 18.1 Å². The van der Waals surface area contributed by atoms with Gasteiger partial charge in [-0.2, -0.15) is 0 Å². The van der Waals surface area contributed by atoms with Gasteiger partial charge in [0.15, 0.2) is 6.61 Å². The van der Waals surface area contributed by atoms with Crippen molar-refractivity contribution in [2.24, 2.45) is 0 Å². The molecule has 2 rings (SSSR count). The van der Waals surface area contributed by atoms with Crippen molar-refractivity contribution < 1.29 is 19.1 Å². The summed E-state index contributed by atoms with van der Waals surface area (Å²) in [5, 5.41) is 0. The molecule has 0 heterocycles. The van der Waals surface area contributed by atoms with E-state index >= 15 is 0 Å². The summed E-state index contributed by atoms with van der Waals surface area (Å²) >= 11 is 0. The predicted octanol–water partition coefficient (Wildman–Crippen LogP) is 0.499. The van der Waals surface area contributed by atoms with Crippen LogP contribution in [0.15, 0.2) is 18.2 Å². The van der Waals surface area contributed by atoms with Crippen LogP contribution in [-0.2, 0) is 27.2 Å². The lowest BCUT2D eigenvalue weighted by Crippen LogP contribution is -2.42. The van der Waals surface area contributed by atoms with Gasteiger partial charge in [0.1, 0.15) is 0 Å². The van der Waals surface area contributed by atoms with Gasteiger partial charge >= 0.3 is 5.97 Å². The molecular formula is C14H16N2O4. The second kappa shape index (κ2) is 6.18. The first-order chi connectivity index (χ1) is 9.56. The van der Waals surface area contributed by atoms with Gasteiger partial charge in [-0.25, -0.2) is 4.79 Å². The molecule has 1 aliphatic rings. The molecular weight excluding hydrogens is 260 g/mol. The number of carbonyl (C=O) groups is 3. The topological polar surface area (TPSA) is 84.5 Å². The number of hydrogen-bond donors (Lipinski definition) is 2. The minimum absolute atomic E-state index is 0.400. The molecule has 6 nitrogen and oxygen atoms in total. The van der Waals surface area contributed by atoms with Crippen LogP contribution in [-0.4, -0.2) is 24.4 Å². The zero-order valence-electron chi connectivity index (χ0n) is 11.2. The molecule has 0 saturated heterocycles. The minimum atomic E-state index is -0.588. The van der Waals surface area contributed by atoms with E-state index in [2.05, 4.69) is 10.9 Å². The highest BCUT2D eigenvalue weighted by molar-refractivity contribution is 5.91. The van der Waals surface area contributed by atoms with Crippen molar-refractivity contribution in [3.05, 3.63) is 34.9 Å². The van der Waals surface area contributed by atoms with Gasteiger partial charge in [0.25, 0.3) is 5.91 Å². The quantitative estimate of drug-likeness (QED) is 0.622. The van der Waals surface area contributed by atoms with E-state index in [-0.39, 0.29) is 0 Å². The number of aryl methyl sites for hydroxylation is 2. The second-order valence-electron chi connectivity index (χ2n) is 4.64. The molecule has 0 fully saturated rings. The van der Waals surface area contributed by atoms with Crippen molar-refractivity contribution in [1.82, 2.24) is 10.9 Å². The molecule has 106 valence electrons. The fraction of sp³-hybridized carbons (Fsp3) is 0.357. The Morgan fingerprint density at radius 2 is 1.90 bits per heavy atom. The van der Waals surface area contributed by atoms with Gasteiger partial charge in [-0.05, 0) is 42.5 Å². The fourth-order valence-electron chi connectivity index (χ4n) is 2.11. The van der Waals surface area contributed by atoms with Crippen LogP contribution in [0.5, 0.6) is 0 Å². The number of rotatable bonds is 3. The zero-order chi connectivity index (χ0) is 14.5. The lowest BCUT2D eigenvalue weighted by atomic mass is 10.1. The molecule has 0 saturated carbocycles. The van der Waals surface area contributed by atoms with Crippen LogP contribution in [0.25, 0.3) is 0 Å². The molecule has 1 aliphatic carbocycles. The Balaban J connectivity index is 1.86. The fourth-order valence-corrected chi connectivity index (χ4v) is 2.11. The van der Waals surface area contributed by atoms with Crippen LogP contribution in [0, 0.1) is 0 Å². The number of ether oxygens (including phenoxy) is 1. The molecule has 6 heteroatoms. The van der Waals surface area contributed by atoms with E-state index in [0.29, 0.717) is 5.56 Å². The molecule has 1 aromatic rings. The number of hydrogen-bond acceptors (Lipinski definition) is 4. The highest BCUT2D eigenvalue weighted by Gasteiger charge is 2.15. The summed E-state index contributed by atoms with van der Waals surface area (Å²) in [7, 11) is 0. The maximum Gasteiger partial charge on any atom is 0.338 e. The molecule has 0 bridgehead atoms. The van der Waals surface area contributed by atoms with E-state index in [1.54, 1.807) is 6.07 Å². The molecule has 0 atom stereocenters. The molecule has 0 unspecified atom stereocenters. The largest absolute Gasteiger partial charge is 0.452 e. The molecule has 1 aromatic carbocycles. The standard InChI is InChI=1S/C14H16N2O4/c1-9(17)15-16-13(18)8-20-14(19)12-6-5-10-3-2-4-11(10)7-12/h5-7H,2-4,8H2,1H3,(H,15,17)(H,16,18). The summed E-state index contributed by atoms with van der Waals surface area (Å²) in [4.78, 5) is 33.6. The number of amides is 2. The molecule has 20 heavy (non-hydrogen) atoms. The normalized spacial score (nSPS) is 12.4. The smallest absolute Gasteiger partial charge is 0.338 e. The molecule has 2 amide bonds. The zero-order valence-corrected chi connectivity index (χ0v) is 11.2. The third-order valence-corrected chi connectivity index (χ3v) is 3.05. The Labute approximate surface area is 116 Å².